The van der Waals surface area contributed by atoms with E-state index in [0.29, 0.717) is 6.04 Å². The van der Waals surface area contributed by atoms with Crippen molar-refractivity contribution < 1.29 is 0 Å². The van der Waals surface area contributed by atoms with Crippen LogP contribution in [-0.2, 0) is 6.54 Å². The molecule has 1 fully saturated rings. The maximum absolute atomic E-state index is 3.63. The minimum Gasteiger partial charge on any atom is -0.309 e. The second kappa shape index (κ2) is 6.91. The number of likely N-dealkylation sites (tertiary alicyclic amines) is 1. The molecule has 1 N–H and O–H groups in total. The van der Waals surface area contributed by atoms with Crippen molar-refractivity contribution in [1.29, 1.82) is 0 Å². The molecule has 0 unspecified atom stereocenters. The molecule has 18 heavy (non-hydrogen) atoms. The summed E-state index contributed by atoms with van der Waals surface area (Å²) in [6, 6.07) is 9.33. The zero-order valence-corrected chi connectivity index (χ0v) is 11.8. The van der Waals surface area contributed by atoms with Crippen molar-refractivity contribution in [3.05, 3.63) is 35.4 Å². The number of nitrogens with one attached hydrogen (secondary N) is 1. The summed E-state index contributed by atoms with van der Waals surface area (Å²) < 4.78 is 0. The van der Waals surface area contributed by atoms with Crippen LogP contribution in [0.3, 0.4) is 0 Å². The highest BCUT2D eigenvalue weighted by Crippen LogP contribution is 2.09. The number of benzene rings is 1. The summed E-state index contributed by atoms with van der Waals surface area (Å²) >= 11 is 0. The number of aryl methyl sites for hydroxylation is 1. The van der Waals surface area contributed by atoms with Crippen molar-refractivity contribution in [2.24, 2.45) is 0 Å². The first-order valence-corrected chi connectivity index (χ1v) is 7.25. The summed E-state index contributed by atoms with van der Waals surface area (Å²) in [5.74, 6) is 0. The van der Waals surface area contributed by atoms with Crippen LogP contribution < -0.4 is 5.32 Å². The summed E-state index contributed by atoms with van der Waals surface area (Å²) in [6.45, 7) is 9.19. The molecular formula is C16H26N2. The predicted octanol–water partition coefficient (Wildman–Crippen LogP) is 2.96. The number of piperidine rings is 1. The van der Waals surface area contributed by atoms with Crippen LogP contribution in [0.4, 0.5) is 0 Å². The lowest BCUT2D eigenvalue weighted by Crippen LogP contribution is -2.41. The zero-order valence-electron chi connectivity index (χ0n) is 11.8. The van der Waals surface area contributed by atoms with Gasteiger partial charge < -0.3 is 10.2 Å². The van der Waals surface area contributed by atoms with Crippen LogP contribution in [0, 0.1) is 6.92 Å². The third kappa shape index (κ3) is 4.43. The Morgan fingerprint density at radius 1 is 1.22 bits per heavy atom. The molecule has 0 saturated carbocycles. The highest BCUT2D eigenvalue weighted by Gasteiger charge is 2.12. The predicted molar refractivity (Wildman–Crippen MR) is 77.8 cm³/mol. The van der Waals surface area contributed by atoms with E-state index in [1.807, 2.05) is 0 Å². The molecule has 0 bridgehead atoms. The highest BCUT2D eigenvalue weighted by atomic mass is 15.1. The minimum absolute atomic E-state index is 0.573. The summed E-state index contributed by atoms with van der Waals surface area (Å²) in [5.41, 5.74) is 2.73. The molecule has 0 aliphatic carbocycles. The van der Waals surface area contributed by atoms with Crippen LogP contribution in [0.25, 0.3) is 0 Å². The fourth-order valence-electron chi connectivity index (χ4n) is 2.71. The Morgan fingerprint density at radius 2 is 2.00 bits per heavy atom. The van der Waals surface area contributed by atoms with Crippen LogP contribution in [-0.4, -0.2) is 30.6 Å². The summed E-state index contributed by atoms with van der Waals surface area (Å²) in [4.78, 5) is 2.59. The van der Waals surface area contributed by atoms with Gasteiger partial charge in [-0.05, 0) is 45.3 Å². The van der Waals surface area contributed by atoms with Crippen molar-refractivity contribution >= 4 is 0 Å². The van der Waals surface area contributed by atoms with E-state index in [1.54, 1.807) is 0 Å². The Labute approximate surface area is 111 Å². The van der Waals surface area contributed by atoms with E-state index in [1.165, 1.54) is 50.0 Å². The molecule has 1 atom stereocenters. The molecule has 0 radical (unpaired) electrons. The van der Waals surface area contributed by atoms with Crippen molar-refractivity contribution in [1.82, 2.24) is 10.2 Å². The normalized spacial score (nSPS) is 18.8. The monoisotopic (exact) mass is 246 g/mol. The van der Waals surface area contributed by atoms with E-state index in [-0.39, 0.29) is 0 Å². The minimum atomic E-state index is 0.573. The summed E-state index contributed by atoms with van der Waals surface area (Å²) in [5, 5.41) is 3.63. The lowest BCUT2D eigenvalue weighted by atomic mass is 10.1. The van der Waals surface area contributed by atoms with Gasteiger partial charge in [-0.15, -0.1) is 0 Å². The lowest BCUT2D eigenvalue weighted by Gasteiger charge is -2.29. The van der Waals surface area contributed by atoms with Gasteiger partial charge in [0.15, 0.2) is 0 Å². The summed E-state index contributed by atoms with van der Waals surface area (Å²) in [6.07, 6.45) is 4.18. The number of nitrogens with zero attached hydrogens (tertiary/aromatic N) is 1. The fourth-order valence-corrected chi connectivity index (χ4v) is 2.71. The molecule has 1 aliphatic heterocycles. The molecule has 1 aromatic rings. The average Bonchev–Trinajstić information content (AvgIpc) is 2.38. The number of hydrogen-bond acceptors (Lipinski definition) is 2. The van der Waals surface area contributed by atoms with Gasteiger partial charge in [0.1, 0.15) is 0 Å². The smallest absolute Gasteiger partial charge is 0.0208 e. The van der Waals surface area contributed by atoms with Gasteiger partial charge in [-0.1, -0.05) is 36.2 Å². The number of hydrogen-bond donors (Lipinski definition) is 1. The second-order valence-electron chi connectivity index (χ2n) is 5.63. The van der Waals surface area contributed by atoms with Gasteiger partial charge in [-0.25, -0.2) is 0 Å². The van der Waals surface area contributed by atoms with E-state index in [9.17, 15) is 0 Å². The van der Waals surface area contributed by atoms with Crippen LogP contribution >= 0.6 is 0 Å². The van der Waals surface area contributed by atoms with Gasteiger partial charge in [0, 0.05) is 19.1 Å². The average molecular weight is 246 g/mol. The van der Waals surface area contributed by atoms with Crippen molar-refractivity contribution in [3.8, 4) is 0 Å². The molecule has 2 rings (SSSR count). The maximum atomic E-state index is 3.63. The highest BCUT2D eigenvalue weighted by molar-refractivity contribution is 5.21. The molecule has 1 aromatic carbocycles. The van der Waals surface area contributed by atoms with Crippen LogP contribution in [0.15, 0.2) is 24.3 Å². The topological polar surface area (TPSA) is 15.3 Å². The lowest BCUT2D eigenvalue weighted by molar-refractivity contribution is 0.209. The first-order chi connectivity index (χ1) is 8.74. The molecule has 0 amide bonds. The van der Waals surface area contributed by atoms with E-state index < -0.39 is 0 Å². The standard InChI is InChI=1S/C16H26N2/c1-14-7-6-8-16(11-14)12-17-15(2)13-18-9-4-3-5-10-18/h6-8,11,15,17H,3-5,9-10,12-13H2,1-2H3/t15-/m0/s1. The Bertz CT molecular complexity index is 356. The van der Waals surface area contributed by atoms with E-state index in [2.05, 4.69) is 48.3 Å². The Morgan fingerprint density at radius 3 is 2.72 bits per heavy atom. The van der Waals surface area contributed by atoms with Crippen LogP contribution in [0.5, 0.6) is 0 Å². The molecule has 1 heterocycles. The van der Waals surface area contributed by atoms with Crippen molar-refractivity contribution in [2.75, 3.05) is 19.6 Å². The molecule has 1 saturated heterocycles. The third-order valence-corrected chi connectivity index (χ3v) is 3.72. The summed E-state index contributed by atoms with van der Waals surface area (Å²) in [7, 11) is 0. The van der Waals surface area contributed by atoms with E-state index in [4.69, 9.17) is 0 Å². The fraction of sp³-hybridized carbons (Fsp3) is 0.625. The van der Waals surface area contributed by atoms with Gasteiger partial charge in [0.25, 0.3) is 0 Å². The molecule has 0 aromatic heterocycles. The molecule has 1 aliphatic rings. The van der Waals surface area contributed by atoms with Crippen molar-refractivity contribution in [2.45, 2.75) is 45.7 Å². The molecule has 100 valence electrons. The van der Waals surface area contributed by atoms with Crippen LogP contribution in [0.2, 0.25) is 0 Å². The molecule has 2 nitrogen and oxygen atoms in total. The van der Waals surface area contributed by atoms with Gasteiger partial charge in [0.05, 0.1) is 0 Å². The second-order valence-corrected chi connectivity index (χ2v) is 5.63. The molecule has 0 spiro atoms. The maximum Gasteiger partial charge on any atom is 0.0208 e. The Hall–Kier alpha value is -0.860. The van der Waals surface area contributed by atoms with Gasteiger partial charge in [-0.2, -0.15) is 0 Å². The van der Waals surface area contributed by atoms with Crippen LogP contribution in [0.1, 0.15) is 37.3 Å². The zero-order chi connectivity index (χ0) is 12.8. The van der Waals surface area contributed by atoms with Gasteiger partial charge in [-0.3, -0.25) is 0 Å². The van der Waals surface area contributed by atoms with Gasteiger partial charge in [0.2, 0.25) is 0 Å². The van der Waals surface area contributed by atoms with E-state index in [0.717, 1.165) is 6.54 Å². The first kappa shape index (κ1) is 13.6. The first-order valence-electron chi connectivity index (χ1n) is 7.25. The van der Waals surface area contributed by atoms with E-state index >= 15 is 0 Å². The SMILES string of the molecule is Cc1cccc(CN[C@@H](C)CN2CCCCC2)c1. The van der Waals surface area contributed by atoms with Gasteiger partial charge >= 0.3 is 0 Å². The molecule has 2 heteroatoms. The Balaban J connectivity index is 1.72. The quantitative estimate of drug-likeness (QED) is 0.859. The third-order valence-electron chi connectivity index (χ3n) is 3.72. The number of rotatable bonds is 5. The molecular weight excluding hydrogens is 220 g/mol. The van der Waals surface area contributed by atoms with Crippen molar-refractivity contribution in [3.63, 3.8) is 0 Å². The largest absolute Gasteiger partial charge is 0.309 e. The Kier molecular flexibility index (Phi) is 5.21.